The third-order valence-corrected chi connectivity index (χ3v) is 2.80. The number of hydrogen-bond donors (Lipinski definition) is 2. The van der Waals surface area contributed by atoms with Gasteiger partial charge in [0.25, 0.3) is 0 Å². The summed E-state index contributed by atoms with van der Waals surface area (Å²) >= 11 is 0. The van der Waals surface area contributed by atoms with Crippen molar-refractivity contribution in [2.45, 2.75) is 26.4 Å². The van der Waals surface area contributed by atoms with Crippen molar-refractivity contribution in [3.05, 3.63) is 35.9 Å². The van der Waals surface area contributed by atoms with E-state index in [1.807, 2.05) is 30.3 Å². The summed E-state index contributed by atoms with van der Waals surface area (Å²) in [6.07, 6.45) is 0.133. The highest BCUT2D eigenvalue weighted by molar-refractivity contribution is 5.81. The molecule has 1 rings (SSSR count). The number of rotatable bonds is 9. The van der Waals surface area contributed by atoms with Gasteiger partial charge in [0.2, 0.25) is 5.91 Å². The first kappa shape index (κ1) is 18.5. The van der Waals surface area contributed by atoms with Crippen LogP contribution in [-0.2, 0) is 25.7 Å². The number of nitrogens with one attached hydrogen (secondary N) is 2. The summed E-state index contributed by atoms with van der Waals surface area (Å²) in [5, 5.41) is 5.01. The van der Waals surface area contributed by atoms with Gasteiger partial charge in [0.1, 0.15) is 13.2 Å². The van der Waals surface area contributed by atoms with E-state index in [-0.39, 0.29) is 32.1 Å². The predicted octanol–water partition coefficient (Wildman–Crippen LogP) is 1.37. The Labute approximate surface area is 135 Å². The minimum absolute atomic E-state index is 0.140. The third-order valence-electron chi connectivity index (χ3n) is 2.80. The predicted molar refractivity (Wildman–Crippen MR) is 83.5 cm³/mol. The number of carbonyl (C=O) groups is 3. The SMILES string of the molecule is CCOC(=O)CNC(=O)CCCNC(=O)OCc1ccccc1. The lowest BCUT2D eigenvalue weighted by molar-refractivity contribution is -0.143. The largest absolute Gasteiger partial charge is 0.465 e. The topological polar surface area (TPSA) is 93.7 Å². The standard InChI is InChI=1S/C16H22N2O5/c1-2-22-15(20)11-18-14(19)9-6-10-17-16(21)23-12-13-7-4-3-5-8-13/h3-5,7-8H,2,6,9-12H2,1H3,(H,17,21)(H,18,19). The van der Waals surface area contributed by atoms with E-state index in [1.165, 1.54) is 0 Å². The monoisotopic (exact) mass is 322 g/mol. The Kier molecular flexibility index (Phi) is 8.88. The molecule has 0 saturated carbocycles. The minimum atomic E-state index is -0.527. The van der Waals surface area contributed by atoms with Gasteiger partial charge in [-0.15, -0.1) is 0 Å². The van der Waals surface area contributed by atoms with Crippen LogP contribution in [0, 0.1) is 0 Å². The van der Waals surface area contributed by atoms with E-state index >= 15 is 0 Å². The van der Waals surface area contributed by atoms with Crippen LogP contribution in [0.1, 0.15) is 25.3 Å². The van der Waals surface area contributed by atoms with Gasteiger partial charge in [-0.3, -0.25) is 9.59 Å². The zero-order valence-corrected chi connectivity index (χ0v) is 13.2. The maximum atomic E-state index is 11.5. The van der Waals surface area contributed by atoms with Crippen molar-refractivity contribution in [2.75, 3.05) is 19.7 Å². The van der Waals surface area contributed by atoms with E-state index in [0.717, 1.165) is 5.56 Å². The van der Waals surface area contributed by atoms with Crippen LogP contribution >= 0.6 is 0 Å². The van der Waals surface area contributed by atoms with Gasteiger partial charge in [-0.2, -0.15) is 0 Å². The van der Waals surface area contributed by atoms with E-state index in [0.29, 0.717) is 13.0 Å². The number of esters is 1. The summed E-state index contributed by atoms with van der Waals surface area (Å²) in [5.74, 6) is -0.735. The molecule has 0 aliphatic carbocycles. The number of benzene rings is 1. The summed E-state index contributed by atoms with van der Waals surface area (Å²) in [5.41, 5.74) is 0.904. The Bertz CT molecular complexity index is 504. The summed E-state index contributed by atoms with van der Waals surface area (Å²) in [4.78, 5) is 33.9. The fourth-order valence-corrected chi connectivity index (χ4v) is 1.68. The van der Waals surface area contributed by atoms with Crippen LogP contribution in [0.4, 0.5) is 4.79 Å². The highest BCUT2D eigenvalue weighted by Gasteiger charge is 2.06. The van der Waals surface area contributed by atoms with Gasteiger partial charge in [0.05, 0.1) is 6.61 Å². The third kappa shape index (κ3) is 9.13. The molecule has 0 spiro atoms. The van der Waals surface area contributed by atoms with Gasteiger partial charge in [0.15, 0.2) is 0 Å². The van der Waals surface area contributed by atoms with Crippen molar-refractivity contribution in [3.63, 3.8) is 0 Å². The van der Waals surface area contributed by atoms with Crippen molar-refractivity contribution in [1.29, 1.82) is 0 Å². The maximum absolute atomic E-state index is 11.5. The molecule has 0 heterocycles. The molecule has 23 heavy (non-hydrogen) atoms. The molecule has 1 aromatic carbocycles. The van der Waals surface area contributed by atoms with Gasteiger partial charge >= 0.3 is 12.1 Å². The van der Waals surface area contributed by atoms with Crippen LogP contribution in [0.25, 0.3) is 0 Å². The van der Waals surface area contributed by atoms with Gasteiger partial charge in [-0.05, 0) is 18.9 Å². The average molecular weight is 322 g/mol. The molecule has 0 unspecified atom stereocenters. The fraction of sp³-hybridized carbons (Fsp3) is 0.438. The molecule has 2 N–H and O–H groups in total. The normalized spacial score (nSPS) is 9.78. The summed E-state index contributed by atoms with van der Waals surface area (Å²) in [6, 6.07) is 9.34. The first-order valence-electron chi connectivity index (χ1n) is 7.48. The van der Waals surface area contributed by atoms with Crippen LogP contribution < -0.4 is 10.6 Å². The zero-order valence-electron chi connectivity index (χ0n) is 13.2. The molecule has 126 valence electrons. The highest BCUT2D eigenvalue weighted by atomic mass is 16.5. The van der Waals surface area contributed by atoms with Gasteiger partial charge in [0, 0.05) is 13.0 Å². The van der Waals surface area contributed by atoms with Crippen molar-refractivity contribution in [3.8, 4) is 0 Å². The van der Waals surface area contributed by atoms with E-state index in [4.69, 9.17) is 4.74 Å². The Morgan fingerprint density at radius 1 is 1.04 bits per heavy atom. The summed E-state index contributed by atoms with van der Waals surface area (Å²) in [6.45, 7) is 2.36. The van der Waals surface area contributed by atoms with Gasteiger partial charge in [-0.1, -0.05) is 30.3 Å². The molecule has 2 amide bonds. The summed E-state index contributed by atoms with van der Waals surface area (Å²) in [7, 11) is 0. The number of alkyl carbamates (subject to hydrolysis) is 1. The molecule has 1 aromatic rings. The summed E-state index contributed by atoms with van der Waals surface area (Å²) < 4.78 is 9.71. The molecule has 0 saturated heterocycles. The van der Waals surface area contributed by atoms with Gasteiger partial charge in [-0.25, -0.2) is 4.79 Å². The van der Waals surface area contributed by atoms with Gasteiger partial charge < -0.3 is 20.1 Å². The molecular formula is C16H22N2O5. The quantitative estimate of drug-likeness (QED) is 0.529. The van der Waals surface area contributed by atoms with Crippen LogP contribution in [0.3, 0.4) is 0 Å². The number of ether oxygens (including phenoxy) is 2. The molecule has 0 aliphatic heterocycles. The lowest BCUT2D eigenvalue weighted by Crippen LogP contribution is -2.31. The Balaban J connectivity index is 2.04. The Morgan fingerprint density at radius 2 is 1.78 bits per heavy atom. The second kappa shape index (κ2) is 11.1. The van der Waals surface area contributed by atoms with E-state index in [9.17, 15) is 14.4 Å². The van der Waals surface area contributed by atoms with Crippen molar-refractivity contribution in [2.24, 2.45) is 0 Å². The number of hydrogen-bond acceptors (Lipinski definition) is 5. The van der Waals surface area contributed by atoms with E-state index < -0.39 is 12.1 Å². The number of amides is 2. The lowest BCUT2D eigenvalue weighted by atomic mass is 10.2. The first-order valence-corrected chi connectivity index (χ1v) is 7.48. The maximum Gasteiger partial charge on any atom is 0.407 e. The first-order chi connectivity index (χ1) is 11.1. The second-order valence-electron chi connectivity index (χ2n) is 4.67. The van der Waals surface area contributed by atoms with Crippen molar-refractivity contribution in [1.82, 2.24) is 10.6 Å². The van der Waals surface area contributed by atoms with Crippen LogP contribution in [0.5, 0.6) is 0 Å². The molecule has 0 fully saturated rings. The molecule has 0 bridgehead atoms. The van der Waals surface area contributed by atoms with E-state index in [2.05, 4.69) is 15.4 Å². The molecule has 0 aromatic heterocycles. The molecule has 0 aliphatic rings. The fourth-order valence-electron chi connectivity index (χ4n) is 1.68. The Morgan fingerprint density at radius 3 is 2.48 bits per heavy atom. The van der Waals surface area contributed by atoms with Crippen LogP contribution in [0.2, 0.25) is 0 Å². The number of carbonyl (C=O) groups excluding carboxylic acids is 3. The average Bonchev–Trinajstić information content (AvgIpc) is 2.56. The van der Waals surface area contributed by atoms with Crippen LogP contribution in [0.15, 0.2) is 30.3 Å². The van der Waals surface area contributed by atoms with E-state index in [1.54, 1.807) is 6.92 Å². The second-order valence-corrected chi connectivity index (χ2v) is 4.67. The molecular weight excluding hydrogens is 300 g/mol. The lowest BCUT2D eigenvalue weighted by Gasteiger charge is -2.07. The molecule has 7 nitrogen and oxygen atoms in total. The smallest absolute Gasteiger partial charge is 0.407 e. The Hall–Kier alpha value is -2.57. The zero-order chi connectivity index (χ0) is 16.9. The highest BCUT2D eigenvalue weighted by Crippen LogP contribution is 2.00. The van der Waals surface area contributed by atoms with Crippen molar-refractivity contribution >= 4 is 18.0 Å². The van der Waals surface area contributed by atoms with Crippen LogP contribution in [-0.4, -0.2) is 37.7 Å². The molecule has 0 atom stereocenters. The van der Waals surface area contributed by atoms with Crippen molar-refractivity contribution < 1.29 is 23.9 Å². The molecule has 0 radical (unpaired) electrons. The minimum Gasteiger partial charge on any atom is -0.465 e. The molecule has 7 heteroatoms.